The molecule has 2 rings (SSSR count). The Kier molecular flexibility index (Phi) is 10.2. The van der Waals surface area contributed by atoms with Crippen LogP contribution in [0.3, 0.4) is 0 Å². The molecule has 1 atom stereocenters. The summed E-state index contributed by atoms with van der Waals surface area (Å²) < 4.78 is 13.2. The second kappa shape index (κ2) is 11.9. The minimum atomic E-state index is -0.216. The van der Waals surface area contributed by atoms with Crippen LogP contribution in [-0.4, -0.2) is 38.0 Å². The number of hydrogen-bond acceptors (Lipinski definition) is 2. The molecule has 0 heterocycles. The van der Waals surface area contributed by atoms with Crippen LogP contribution < -0.4 is 10.6 Å². The largest absolute Gasteiger partial charge is 0.357 e. The fourth-order valence-corrected chi connectivity index (χ4v) is 2.57. The molecule has 0 amide bonds. The summed E-state index contributed by atoms with van der Waals surface area (Å²) in [7, 11) is 4.04. The van der Waals surface area contributed by atoms with Crippen LogP contribution in [0.4, 0.5) is 4.39 Å². The van der Waals surface area contributed by atoms with E-state index in [1.54, 1.807) is 0 Å². The van der Waals surface area contributed by atoms with E-state index in [1.807, 2.05) is 51.4 Å². The quantitative estimate of drug-likeness (QED) is 0.368. The van der Waals surface area contributed by atoms with E-state index in [-0.39, 0.29) is 35.8 Å². The van der Waals surface area contributed by atoms with E-state index in [9.17, 15) is 4.39 Å². The lowest BCUT2D eigenvalue weighted by molar-refractivity contribution is 0.298. The maximum absolute atomic E-state index is 13.2. The molecule has 6 heteroatoms. The highest BCUT2D eigenvalue weighted by Crippen LogP contribution is 2.17. The lowest BCUT2D eigenvalue weighted by Gasteiger charge is -2.26. The fourth-order valence-electron chi connectivity index (χ4n) is 2.57. The van der Waals surface area contributed by atoms with Crippen molar-refractivity contribution < 1.29 is 4.39 Å². The van der Waals surface area contributed by atoms with Crippen molar-refractivity contribution in [3.8, 4) is 0 Å². The number of nitrogens with one attached hydrogen (secondary N) is 2. The second-order valence-corrected chi connectivity index (χ2v) is 6.09. The molecule has 2 aromatic rings. The monoisotopic (exact) mass is 470 g/mol. The maximum atomic E-state index is 13.2. The third-order valence-corrected chi connectivity index (χ3v) is 3.95. The summed E-state index contributed by atoms with van der Waals surface area (Å²) in [4.78, 5) is 6.75. The van der Waals surface area contributed by atoms with Crippen molar-refractivity contribution in [3.05, 3.63) is 71.5 Å². The van der Waals surface area contributed by atoms with Gasteiger partial charge >= 0.3 is 0 Å². The van der Waals surface area contributed by atoms with Gasteiger partial charge in [-0.05, 0) is 44.3 Å². The molecule has 0 aromatic heterocycles. The van der Waals surface area contributed by atoms with Crippen molar-refractivity contribution >= 4 is 29.9 Å². The van der Waals surface area contributed by atoms with Crippen LogP contribution in [0.2, 0.25) is 0 Å². The number of rotatable bonds is 7. The number of aliphatic imine (C=N–C) groups is 1. The van der Waals surface area contributed by atoms with Crippen LogP contribution >= 0.6 is 24.0 Å². The lowest BCUT2D eigenvalue weighted by atomic mass is 10.1. The molecule has 1 unspecified atom stereocenters. The molecule has 0 bridgehead atoms. The summed E-state index contributed by atoms with van der Waals surface area (Å²) in [5, 5.41) is 6.66. The second-order valence-electron chi connectivity index (χ2n) is 6.09. The van der Waals surface area contributed by atoms with Crippen molar-refractivity contribution in [1.29, 1.82) is 0 Å². The van der Waals surface area contributed by atoms with E-state index < -0.39 is 0 Å². The van der Waals surface area contributed by atoms with Gasteiger partial charge in [-0.15, -0.1) is 24.0 Å². The average molecular weight is 470 g/mol. The van der Waals surface area contributed by atoms with Crippen molar-refractivity contribution in [3.63, 3.8) is 0 Å². The van der Waals surface area contributed by atoms with Crippen molar-refractivity contribution in [2.24, 2.45) is 4.99 Å². The Hall–Kier alpha value is -1.67. The van der Waals surface area contributed by atoms with E-state index in [1.165, 1.54) is 17.7 Å². The van der Waals surface area contributed by atoms with Gasteiger partial charge in [0.1, 0.15) is 5.82 Å². The van der Waals surface area contributed by atoms with E-state index in [0.29, 0.717) is 13.1 Å². The van der Waals surface area contributed by atoms with Gasteiger partial charge in [-0.2, -0.15) is 0 Å². The van der Waals surface area contributed by atoms with E-state index in [4.69, 9.17) is 0 Å². The minimum absolute atomic E-state index is 0. The van der Waals surface area contributed by atoms with Gasteiger partial charge in [0.05, 0.1) is 12.6 Å². The Morgan fingerprint density at radius 2 is 1.69 bits per heavy atom. The zero-order valence-electron chi connectivity index (χ0n) is 15.6. The van der Waals surface area contributed by atoms with Gasteiger partial charge in [-0.3, -0.25) is 0 Å². The SMILES string of the molecule is CCNC(=NCc1ccccc1)NCC(c1ccc(F)cc1)N(C)C.I. The Bertz CT molecular complexity index is 659. The van der Waals surface area contributed by atoms with Crippen molar-refractivity contribution in [2.75, 3.05) is 27.2 Å². The van der Waals surface area contributed by atoms with Crippen LogP contribution in [0.25, 0.3) is 0 Å². The molecule has 2 aromatic carbocycles. The first kappa shape index (κ1) is 22.4. The highest BCUT2D eigenvalue weighted by atomic mass is 127. The standard InChI is InChI=1S/C20H27FN4.HI/c1-4-22-20(23-14-16-8-6-5-7-9-16)24-15-19(25(2)3)17-10-12-18(21)13-11-17;/h5-13,19H,4,14-15H2,1-3H3,(H2,22,23,24);1H. The minimum Gasteiger partial charge on any atom is -0.357 e. The number of halogens is 2. The van der Waals surface area contributed by atoms with Crippen LogP contribution in [0.15, 0.2) is 59.6 Å². The summed E-state index contributed by atoms with van der Waals surface area (Å²) in [6.45, 7) is 4.14. The molecule has 0 radical (unpaired) electrons. The van der Waals surface area contributed by atoms with Gasteiger partial charge in [0.15, 0.2) is 5.96 Å². The molecule has 0 aliphatic heterocycles. The van der Waals surface area contributed by atoms with Gasteiger partial charge in [-0.25, -0.2) is 9.38 Å². The Morgan fingerprint density at radius 3 is 2.27 bits per heavy atom. The zero-order chi connectivity index (χ0) is 18.1. The fraction of sp³-hybridized carbons (Fsp3) is 0.350. The molecule has 0 aliphatic carbocycles. The molecule has 0 aliphatic rings. The molecular formula is C20H28FIN4. The normalized spacial score (nSPS) is 12.4. The van der Waals surface area contributed by atoms with E-state index in [0.717, 1.165) is 18.1 Å². The molecule has 0 saturated heterocycles. The molecular weight excluding hydrogens is 442 g/mol. The van der Waals surface area contributed by atoms with Crippen LogP contribution in [0.1, 0.15) is 24.1 Å². The number of nitrogens with zero attached hydrogens (tertiary/aromatic N) is 2. The van der Waals surface area contributed by atoms with Gasteiger partial charge in [0.25, 0.3) is 0 Å². The zero-order valence-corrected chi connectivity index (χ0v) is 17.9. The highest BCUT2D eigenvalue weighted by Gasteiger charge is 2.14. The van der Waals surface area contributed by atoms with E-state index in [2.05, 4.69) is 32.7 Å². The van der Waals surface area contributed by atoms with Crippen molar-refractivity contribution in [1.82, 2.24) is 15.5 Å². The number of hydrogen-bond donors (Lipinski definition) is 2. The third kappa shape index (κ3) is 7.29. The number of benzene rings is 2. The first-order valence-electron chi connectivity index (χ1n) is 8.58. The molecule has 4 nitrogen and oxygen atoms in total. The molecule has 0 saturated carbocycles. The van der Waals surface area contributed by atoms with Gasteiger partial charge in [0.2, 0.25) is 0 Å². The summed E-state index contributed by atoms with van der Waals surface area (Å²) >= 11 is 0. The van der Waals surface area contributed by atoms with Gasteiger partial charge < -0.3 is 15.5 Å². The number of likely N-dealkylation sites (N-methyl/N-ethyl adjacent to an activating group) is 1. The lowest BCUT2D eigenvalue weighted by Crippen LogP contribution is -2.41. The highest BCUT2D eigenvalue weighted by molar-refractivity contribution is 14.0. The van der Waals surface area contributed by atoms with Crippen LogP contribution in [0, 0.1) is 5.82 Å². The Morgan fingerprint density at radius 1 is 1.04 bits per heavy atom. The molecule has 26 heavy (non-hydrogen) atoms. The summed E-state index contributed by atoms with van der Waals surface area (Å²) in [6, 6.07) is 16.9. The van der Waals surface area contributed by atoms with Crippen LogP contribution in [0.5, 0.6) is 0 Å². The molecule has 0 spiro atoms. The average Bonchev–Trinajstić information content (AvgIpc) is 2.62. The third-order valence-electron chi connectivity index (χ3n) is 3.95. The summed E-state index contributed by atoms with van der Waals surface area (Å²) in [5.41, 5.74) is 2.24. The molecule has 0 fully saturated rings. The van der Waals surface area contributed by atoms with Crippen LogP contribution in [-0.2, 0) is 6.54 Å². The topological polar surface area (TPSA) is 39.7 Å². The predicted octanol–water partition coefficient (Wildman–Crippen LogP) is 3.80. The summed E-state index contributed by atoms with van der Waals surface area (Å²) in [5.74, 6) is 0.562. The molecule has 142 valence electrons. The molecule has 2 N–H and O–H groups in total. The Labute approximate surface area is 172 Å². The van der Waals surface area contributed by atoms with E-state index >= 15 is 0 Å². The van der Waals surface area contributed by atoms with Gasteiger partial charge in [0, 0.05) is 13.1 Å². The van der Waals surface area contributed by atoms with Crippen molar-refractivity contribution in [2.45, 2.75) is 19.5 Å². The first-order valence-corrected chi connectivity index (χ1v) is 8.58. The van der Waals surface area contributed by atoms with Gasteiger partial charge in [-0.1, -0.05) is 42.5 Å². The predicted molar refractivity (Wildman–Crippen MR) is 118 cm³/mol. The Balaban J connectivity index is 0.00000338. The maximum Gasteiger partial charge on any atom is 0.191 e. The summed E-state index contributed by atoms with van der Waals surface area (Å²) in [6.07, 6.45) is 0. The smallest absolute Gasteiger partial charge is 0.191 e. The number of guanidine groups is 1. The first-order chi connectivity index (χ1) is 12.1.